The van der Waals surface area contributed by atoms with Crippen LogP contribution in [0.15, 0.2) is 24.3 Å². The molecule has 0 heterocycles. The molecule has 0 fully saturated rings. The molecule has 0 radical (unpaired) electrons. The van der Waals surface area contributed by atoms with E-state index in [4.69, 9.17) is 22.8 Å². The highest BCUT2D eigenvalue weighted by Crippen LogP contribution is 2.18. The molecule has 0 aromatic heterocycles. The van der Waals surface area contributed by atoms with Gasteiger partial charge in [0.05, 0.1) is 0 Å². The van der Waals surface area contributed by atoms with Crippen molar-refractivity contribution in [1.29, 1.82) is 0 Å². The van der Waals surface area contributed by atoms with Gasteiger partial charge in [-0.2, -0.15) is 0 Å². The Morgan fingerprint density at radius 2 is 2.29 bits per heavy atom. The lowest BCUT2D eigenvalue weighted by Crippen LogP contribution is -2.40. The first kappa shape index (κ1) is 13.9. The number of hydrogen-bond acceptors (Lipinski definition) is 2. The second-order valence-corrected chi connectivity index (χ2v) is 4.32. The van der Waals surface area contributed by atoms with Gasteiger partial charge in [0.15, 0.2) is 0 Å². The van der Waals surface area contributed by atoms with Gasteiger partial charge in [-0.05, 0) is 38.1 Å². The molecular weight excluding hydrogens is 234 g/mol. The largest absolute Gasteiger partial charge is 0.488 e. The summed E-state index contributed by atoms with van der Waals surface area (Å²) in [5.41, 5.74) is 0. The van der Waals surface area contributed by atoms with Crippen molar-refractivity contribution < 1.29 is 4.74 Å². The molecule has 0 bridgehead atoms. The van der Waals surface area contributed by atoms with Crippen molar-refractivity contribution in [3.8, 4) is 18.1 Å². The third kappa shape index (κ3) is 4.68. The summed E-state index contributed by atoms with van der Waals surface area (Å²) < 4.78 is 5.76. The van der Waals surface area contributed by atoms with Gasteiger partial charge in [-0.15, -0.1) is 6.42 Å². The van der Waals surface area contributed by atoms with E-state index in [2.05, 4.69) is 18.2 Å². The Morgan fingerprint density at radius 3 is 2.88 bits per heavy atom. The lowest BCUT2D eigenvalue weighted by atomic mass is 10.2. The zero-order chi connectivity index (χ0) is 12.7. The van der Waals surface area contributed by atoms with E-state index < -0.39 is 0 Å². The van der Waals surface area contributed by atoms with Crippen molar-refractivity contribution in [3.05, 3.63) is 29.3 Å². The van der Waals surface area contributed by atoms with Crippen LogP contribution < -0.4 is 10.1 Å². The van der Waals surface area contributed by atoms with Crippen molar-refractivity contribution in [3.63, 3.8) is 0 Å². The summed E-state index contributed by atoms with van der Waals surface area (Å²) in [6, 6.07) is 7.23. The standard InChI is InChI=1S/C14H18ClNO/c1-4-9-16-14(5-2)11(3)17-13-8-6-7-12(15)10-13/h2,6-8,10-11,14,16H,4,9H2,1,3H3. The molecule has 17 heavy (non-hydrogen) atoms. The number of halogens is 1. The molecule has 1 aromatic rings. The van der Waals surface area contributed by atoms with E-state index in [0.29, 0.717) is 5.02 Å². The Labute approximate surface area is 108 Å². The van der Waals surface area contributed by atoms with Crippen molar-refractivity contribution in [2.24, 2.45) is 0 Å². The highest BCUT2D eigenvalue weighted by molar-refractivity contribution is 6.30. The second-order valence-electron chi connectivity index (χ2n) is 3.88. The van der Waals surface area contributed by atoms with Crippen LogP contribution in [0.2, 0.25) is 5.02 Å². The number of rotatable bonds is 6. The van der Waals surface area contributed by atoms with E-state index >= 15 is 0 Å². The Morgan fingerprint density at radius 1 is 1.53 bits per heavy atom. The summed E-state index contributed by atoms with van der Waals surface area (Å²) in [4.78, 5) is 0. The highest BCUT2D eigenvalue weighted by atomic mass is 35.5. The number of benzene rings is 1. The topological polar surface area (TPSA) is 21.3 Å². The van der Waals surface area contributed by atoms with Crippen LogP contribution in [0.1, 0.15) is 20.3 Å². The average Bonchev–Trinajstić information content (AvgIpc) is 2.30. The third-order valence-corrected chi connectivity index (χ3v) is 2.62. The minimum absolute atomic E-state index is 0.0890. The molecule has 0 aliphatic carbocycles. The van der Waals surface area contributed by atoms with Gasteiger partial charge in [0, 0.05) is 5.02 Å². The van der Waals surface area contributed by atoms with Crippen molar-refractivity contribution in [2.45, 2.75) is 32.4 Å². The number of hydrogen-bond donors (Lipinski definition) is 1. The quantitative estimate of drug-likeness (QED) is 0.785. The first-order chi connectivity index (χ1) is 8.17. The van der Waals surface area contributed by atoms with Crippen LogP contribution in [0.5, 0.6) is 5.75 Å². The lowest BCUT2D eigenvalue weighted by molar-refractivity contribution is 0.193. The molecule has 92 valence electrons. The smallest absolute Gasteiger partial charge is 0.122 e. The zero-order valence-electron chi connectivity index (χ0n) is 10.2. The van der Waals surface area contributed by atoms with Gasteiger partial charge >= 0.3 is 0 Å². The molecule has 2 atom stereocenters. The Bertz CT molecular complexity index is 386. The third-order valence-electron chi connectivity index (χ3n) is 2.38. The SMILES string of the molecule is C#CC(NCCC)C(C)Oc1cccc(Cl)c1. The molecule has 1 rings (SSSR count). The molecule has 0 saturated heterocycles. The molecule has 2 unspecified atom stereocenters. The molecular formula is C14H18ClNO. The molecule has 0 amide bonds. The van der Waals surface area contributed by atoms with Gasteiger partial charge in [0.1, 0.15) is 17.9 Å². The van der Waals surface area contributed by atoms with E-state index in [-0.39, 0.29) is 12.1 Å². The minimum atomic E-state index is -0.0926. The van der Waals surface area contributed by atoms with Crippen LogP contribution in [0, 0.1) is 12.3 Å². The molecule has 0 aliphatic heterocycles. The maximum atomic E-state index is 5.89. The molecule has 0 spiro atoms. The summed E-state index contributed by atoms with van der Waals surface area (Å²) in [5.74, 6) is 3.44. The summed E-state index contributed by atoms with van der Waals surface area (Å²) in [7, 11) is 0. The van der Waals surface area contributed by atoms with Crippen LogP contribution in [-0.4, -0.2) is 18.7 Å². The van der Waals surface area contributed by atoms with Gasteiger partial charge in [-0.1, -0.05) is 30.5 Å². The van der Waals surface area contributed by atoms with Crippen LogP contribution in [0.3, 0.4) is 0 Å². The second kappa shape index (κ2) is 7.21. The van der Waals surface area contributed by atoms with Crippen LogP contribution in [0.4, 0.5) is 0 Å². The van der Waals surface area contributed by atoms with Crippen molar-refractivity contribution in [1.82, 2.24) is 5.32 Å². The van der Waals surface area contributed by atoms with Gasteiger partial charge in [-0.25, -0.2) is 0 Å². The van der Waals surface area contributed by atoms with Crippen LogP contribution in [0.25, 0.3) is 0 Å². The maximum Gasteiger partial charge on any atom is 0.122 e. The number of nitrogens with one attached hydrogen (secondary N) is 1. The van der Waals surface area contributed by atoms with Gasteiger partial charge < -0.3 is 10.1 Å². The van der Waals surface area contributed by atoms with Crippen LogP contribution >= 0.6 is 11.6 Å². The Hall–Kier alpha value is -1.17. The predicted molar refractivity (Wildman–Crippen MR) is 72.5 cm³/mol. The van der Waals surface area contributed by atoms with Gasteiger partial charge in [0.2, 0.25) is 0 Å². The van der Waals surface area contributed by atoms with E-state index in [1.807, 2.05) is 25.1 Å². The normalized spacial score (nSPS) is 13.8. The summed E-state index contributed by atoms with van der Waals surface area (Å²) in [6.07, 6.45) is 6.43. The zero-order valence-corrected chi connectivity index (χ0v) is 11.0. The van der Waals surface area contributed by atoms with E-state index in [1.54, 1.807) is 6.07 Å². The number of terminal acetylenes is 1. The number of ether oxygens (including phenoxy) is 1. The van der Waals surface area contributed by atoms with E-state index in [9.17, 15) is 0 Å². The molecule has 1 aromatic carbocycles. The van der Waals surface area contributed by atoms with Crippen molar-refractivity contribution >= 4 is 11.6 Å². The molecule has 2 nitrogen and oxygen atoms in total. The summed E-state index contributed by atoms with van der Waals surface area (Å²) in [6.45, 7) is 4.94. The Kier molecular flexibility index (Phi) is 5.90. The fourth-order valence-corrected chi connectivity index (χ4v) is 1.66. The fourth-order valence-electron chi connectivity index (χ4n) is 1.48. The lowest BCUT2D eigenvalue weighted by Gasteiger charge is -2.21. The molecule has 3 heteroatoms. The molecule has 0 aliphatic rings. The van der Waals surface area contributed by atoms with E-state index in [0.717, 1.165) is 18.7 Å². The maximum absolute atomic E-state index is 5.89. The average molecular weight is 252 g/mol. The van der Waals surface area contributed by atoms with Gasteiger partial charge in [-0.3, -0.25) is 0 Å². The summed E-state index contributed by atoms with van der Waals surface area (Å²) in [5, 5.41) is 3.92. The van der Waals surface area contributed by atoms with Crippen LogP contribution in [-0.2, 0) is 0 Å². The highest BCUT2D eigenvalue weighted by Gasteiger charge is 2.15. The summed E-state index contributed by atoms with van der Waals surface area (Å²) >= 11 is 5.89. The first-order valence-corrected chi connectivity index (χ1v) is 6.17. The monoisotopic (exact) mass is 251 g/mol. The van der Waals surface area contributed by atoms with Gasteiger partial charge in [0.25, 0.3) is 0 Å². The Balaban J connectivity index is 2.58. The first-order valence-electron chi connectivity index (χ1n) is 5.79. The van der Waals surface area contributed by atoms with Crippen molar-refractivity contribution in [2.75, 3.05) is 6.54 Å². The van der Waals surface area contributed by atoms with E-state index in [1.165, 1.54) is 0 Å². The molecule has 0 saturated carbocycles. The minimum Gasteiger partial charge on any atom is -0.488 e. The fraction of sp³-hybridized carbons (Fsp3) is 0.429. The molecule has 1 N–H and O–H groups in total. The predicted octanol–water partition coefficient (Wildman–Crippen LogP) is 3.11.